The van der Waals surface area contributed by atoms with Crippen molar-refractivity contribution in [3.05, 3.63) is 54.6 Å². The number of hydrogen-bond acceptors (Lipinski definition) is 2. The molecule has 98 valence electrons. The second-order valence-corrected chi connectivity index (χ2v) is 4.95. The Hall–Kier alpha value is -2.01. The number of nitrogens with zero attached hydrogens (tertiary/aromatic N) is 2. The molecule has 1 aliphatic carbocycles. The van der Waals surface area contributed by atoms with Crippen LogP contribution in [0.4, 0.5) is 5.69 Å². The average Bonchev–Trinajstić information content (AvgIpc) is 2.89. The molecular weight excluding hydrogens is 232 g/mol. The zero-order chi connectivity index (χ0) is 13.7. The van der Waals surface area contributed by atoms with Gasteiger partial charge in [0.25, 0.3) is 0 Å². The molecule has 1 aromatic carbocycles. The summed E-state index contributed by atoms with van der Waals surface area (Å²) in [7, 11) is 2.00. The van der Waals surface area contributed by atoms with Crippen molar-refractivity contribution in [2.45, 2.75) is 19.4 Å². The van der Waals surface area contributed by atoms with E-state index in [4.69, 9.17) is 0 Å². The van der Waals surface area contributed by atoms with E-state index < -0.39 is 0 Å². The number of para-hydroxylation sites is 1. The normalized spacial score (nSPS) is 23.4. The van der Waals surface area contributed by atoms with Gasteiger partial charge in [0, 0.05) is 18.7 Å². The highest BCUT2D eigenvalue weighted by Crippen LogP contribution is 2.32. The molecule has 0 aromatic heterocycles. The Morgan fingerprint density at radius 1 is 1.37 bits per heavy atom. The Morgan fingerprint density at radius 2 is 2.11 bits per heavy atom. The molecule has 0 fully saturated rings. The summed E-state index contributed by atoms with van der Waals surface area (Å²) in [6.45, 7) is 2.04. The number of anilines is 1. The second-order valence-electron chi connectivity index (χ2n) is 4.95. The fraction of sp³-hybridized carbons (Fsp3) is 0.353. The first kappa shape index (κ1) is 13.4. The van der Waals surface area contributed by atoms with Gasteiger partial charge in [-0.1, -0.05) is 42.5 Å². The first-order valence-electron chi connectivity index (χ1n) is 6.75. The molecule has 0 amide bonds. The van der Waals surface area contributed by atoms with Crippen molar-refractivity contribution in [1.82, 2.24) is 0 Å². The molecule has 0 N–H and O–H groups in total. The van der Waals surface area contributed by atoms with E-state index in [1.54, 1.807) is 0 Å². The van der Waals surface area contributed by atoms with Crippen molar-refractivity contribution < 1.29 is 0 Å². The smallest absolute Gasteiger partial charge is 0.123 e. The van der Waals surface area contributed by atoms with Crippen LogP contribution in [-0.2, 0) is 0 Å². The lowest BCUT2D eigenvalue weighted by molar-refractivity contribution is 0.459. The fourth-order valence-corrected chi connectivity index (χ4v) is 2.74. The van der Waals surface area contributed by atoms with Crippen LogP contribution in [0.25, 0.3) is 0 Å². The highest BCUT2D eigenvalue weighted by molar-refractivity contribution is 5.48. The predicted molar refractivity (Wildman–Crippen MR) is 79.8 cm³/mol. The van der Waals surface area contributed by atoms with Crippen LogP contribution >= 0.6 is 0 Å². The molecule has 1 aliphatic rings. The van der Waals surface area contributed by atoms with E-state index >= 15 is 0 Å². The fourth-order valence-electron chi connectivity index (χ4n) is 2.74. The summed E-state index contributed by atoms with van der Waals surface area (Å²) in [5.74, 6) is 0.715. The monoisotopic (exact) mass is 252 g/mol. The zero-order valence-electron chi connectivity index (χ0n) is 11.5. The number of rotatable bonds is 4. The molecule has 0 radical (unpaired) electrons. The molecule has 19 heavy (non-hydrogen) atoms. The molecule has 2 rings (SSSR count). The zero-order valence-corrected chi connectivity index (χ0v) is 11.5. The molecule has 0 heterocycles. The van der Waals surface area contributed by atoms with Gasteiger partial charge >= 0.3 is 0 Å². The van der Waals surface area contributed by atoms with Crippen molar-refractivity contribution in [3.63, 3.8) is 0 Å². The molecule has 0 bridgehead atoms. The third kappa shape index (κ3) is 2.88. The summed E-state index contributed by atoms with van der Waals surface area (Å²) in [4.78, 5) is 2.08. The lowest BCUT2D eigenvalue weighted by atomic mass is 9.88. The number of hydrogen-bond donors (Lipinski definition) is 0. The van der Waals surface area contributed by atoms with Crippen LogP contribution in [0, 0.1) is 23.2 Å². The van der Waals surface area contributed by atoms with Crippen LogP contribution in [0.5, 0.6) is 0 Å². The quantitative estimate of drug-likeness (QED) is 0.762. The topological polar surface area (TPSA) is 27.0 Å². The van der Waals surface area contributed by atoms with Crippen LogP contribution in [0.2, 0.25) is 0 Å². The molecule has 3 atom stereocenters. The second kappa shape index (κ2) is 6.24. The van der Waals surface area contributed by atoms with Crippen molar-refractivity contribution >= 4 is 5.69 Å². The van der Waals surface area contributed by atoms with E-state index in [9.17, 15) is 5.26 Å². The van der Waals surface area contributed by atoms with Gasteiger partial charge < -0.3 is 4.90 Å². The minimum atomic E-state index is -0.123. The molecule has 0 saturated heterocycles. The van der Waals surface area contributed by atoms with Gasteiger partial charge in [0.1, 0.15) is 6.04 Å². The molecule has 0 aliphatic heterocycles. The summed E-state index contributed by atoms with van der Waals surface area (Å²) >= 11 is 0. The van der Waals surface area contributed by atoms with E-state index in [0.717, 1.165) is 12.1 Å². The number of allylic oxidation sites excluding steroid dienone is 3. The summed E-state index contributed by atoms with van der Waals surface area (Å²) < 4.78 is 0. The van der Waals surface area contributed by atoms with Crippen molar-refractivity contribution in [2.75, 3.05) is 11.9 Å². The Labute approximate surface area is 115 Å². The standard InChI is InChI=1S/C17H20N2/c1-3-8-14-9-7-12-16(14)17(13-18)19(2)15-10-5-4-6-11-15/h3-8,10-12,14,16-17H,9H2,1-2H3/b8-3+/t14-,16-,17+/m0/s1. The van der Waals surface area contributed by atoms with E-state index in [-0.39, 0.29) is 12.0 Å². The van der Waals surface area contributed by atoms with Gasteiger partial charge in [-0.3, -0.25) is 0 Å². The van der Waals surface area contributed by atoms with Gasteiger partial charge in [0.15, 0.2) is 0 Å². The van der Waals surface area contributed by atoms with E-state index in [2.05, 4.69) is 35.3 Å². The summed E-state index contributed by atoms with van der Waals surface area (Å²) in [5, 5.41) is 9.55. The third-order valence-corrected chi connectivity index (χ3v) is 3.78. The van der Waals surface area contributed by atoms with Gasteiger partial charge in [-0.15, -0.1) is 0 Å². The van der Waals surface area contributed by atoms with Crippen LogP contribution in [0.3, 0.4) is 0 Å². The lowest BCUT2D eigenvalue weighted by Gasteiger charge is -2.31. The Kier molecular flexibility index (Phi) is 4.41. The van der Waals surface area contributed by atoms with Gasteiger partial charge in [-0.05, 0) is 31.4 Å². The maximum atomic E-state index is 9.55. The highest BCUT2D eigenvalue weighted by Gasteiger charge is 2.31. The molecule has 2 nitrogen and oxygen atoms in total. The lowest BCUT2D eigenvalue weighted by Crippen LogP contribution is -2.38. The van der Waals surface area contributed by atoms with Crippen LogP contribution in [0.1, 0.15) is 13.3 Å². The molecule has 0 saturated carbocycles. The molecule has 0 unspecified atom stereocenters. The Morgan fingerprint density at radius 3 is 2.74 bits per heavy atom. The minimum Gasteiger partial charge on any atom is -0.358 e. The van der Waals surface area contributed by atoms with Crippen molar-refractivity contribution in [1.29, 1.82) is 5.26 Å². The predicted octanol–water partition coefficient (Wildman–Crippen LogP) is 3.78. The van der Waals surface area contributed by atoms with Crippen molar-refractivity contribution in [2.24, 2.45) is 11.8 Å². The average molecular weight is 252 g/mol. The molecule has 0 spiro atoms. The number of benzene rings is 1. The van der Waals surface area contributed by atoms with Crippen LogP contribution in [0.15, 0.2) is 54.6 Å². The van der Waals surface area contributed by atoms with Gasteiger partial charge in [0.05, 0.1) is 6.07 Å². The van der Waals surface area contributed by atoms with Crippen LogP contribution in [-0.4, -0.2) is 13.1 Å². The number of nitriles is 1. The first-order chi connectivity index (χ1) is 9.27. The molecule has 1 aromatic rings. The third-order valence-electron chi connectivity index (χ3n) is 3.78. The molecular formula is C17H20N2. The summed E-state index contributed by atoms with van der Waals surface area (Å²) in [6, 6.07) is 12.5. The van der Waals surface area contributed by atoms with Crippen LogP contribution < -0.4 is 4.90 Å². The Bertz CT molecular complexity index is 496. The Balaban J connectivity index is 2.21. The van der Waals surface area contributed by atoms with E-state index in [1.807, 2.05) is 44.3 Å². The van der Waals surface area contributed by atoms with E-state index in [0.29, 0.717) is 5.92 Å². The summed E-state index contributed by atoms with van der Waals surface area (Å²) in [6.07, 6.45) is 9.72. The maximum absolute atomic E-state index is 9.55. The van der Waals surface area contributed by atoms with Crippen molar-refractivity contribution in [3.8, 4) is 6.07 Å². The van der Waals surface area contributed by atoms with Gasteiger partial charge in [0.2, 0.25) is 0 Å². The minimum absolute atomic E-state index is 0.123. The SMILES string of the molecule is C/C=C/[C@H]1CC=C[C@@H]1[C@@H](C#N)N(C)c1ccccc1. The van der Waals surface area contributed by atoms with Gasteiger partial charge in [-0.2, -0.15) is 5.26 Å². The maximum Gasteiger partial charge on any atom is 0.123 e. The molecule has 2 heteroatoms. The largest absolute Gasteiger partial charge is 0.358 e. The van der Waals surface area contributed by atoms with Gasteiger partial charge in [-0.25, -0.2) is 0 Å². The van der Waals surface area contributed by atoms with E-state index in [1.165, 1.54) is 0 Å². The highest BCUT2D eigenvalue weighted by atomic mass is 15.1. The summed E-state index contributed by atoms with van der Waals surface area (Å²) in [5.41, 5.74) is 1.09. The first-order valence-corrected chi connectivity index (χ1v) is 6.75.